The zero-order chi connectivity index (χ0) is 58.5. The van der Waals surface area contributed by atoms with Gasteiger partial charge in [0.05, 0.1) is 0 Å². The topological polar surface area (TPSA) is 78.9 Å². The average molecular weight is 1140 g/mol. The van der Waals surface area contributed by atoms with Crippen LogP contribution in [0.4, 0.5) is 0 Å². The number of rotatable bonds is 67. The van der Waals surface area contributed by atoms with Crippen molar-refractivity contribution in [3.05, 3.63) is 48.6 Å². The van der Waals surface area contributed by atoms with Crippen molar-refractivity contribution in [2.45, 2.75) is 399 Å². The molecule has 0 radical (unpaired) electrons. The van der Waals surface area contributed by atoms with E-state index in [4.69, 9.17) is 14.2 Å². The lowest BCUT2D eigenvalue weighted by Gasteiger charge is -2.18. The van der Waals surface area contributed by atoms with Crippen molar-refractivity contribution in [3.8, 4) is 0 Å². The molecule has 81 heavy (non-hydrogen) atoms. The molecule has 0 spiro atoms. The summed E-state index contributed by atoms with van der Waals surface area (Å²) in [6.07, 6.45) is 88.7. The first-order valence-electron chi connectivity index (χ1n) is 36.1. The number of ether oxygens (including phenoxy) is 3. The van der Waals surface area contributed by atoms with Gasteiger partial charge in [0.1, 0.15) is 13.2 Å². The summed E-state index contributed by atoms with van der Waals surface area (Å²) in [6, 6.07) is 0. The molecule has 0 aromatic carbocycles. The van der Waals surface area contributed by atoms with Crippen LogP contribution in [0.15, 0.2) is 48.6 Å². The van der Waals surface area contributed by atoms with Gasteiger partial charge in [-0.15, -0.1) is 0 Å². The predicted octanol–water partition coefficient (Wildman–Crippen LogP) is 24.9. The van der Waals surface area contributed by atoms with Crippen molar-refractivity contribution in [2.24, 2.45) is 0 Å². The molecule has 1 unspecified atom stereocenters. The van der Waals surface area contributed by atoms with Gasteiger partial charge in [-0.25, -0.2) is 0 Å². The second kappa shape index (κ2) is 69.9. The second-order valence-corrected chi connectivity index (χ2v) is 24.5. The Morgan fingerprint density at radius 1 is 0.247 bits per heavy atom. The molecule has 0 bridgehead atoms. The number of esters is 3. The Labute approximate surface area is 505 Å². The Kier molecular flexibility index (Phi) is 67.6. The second-order valence-electron chi connectivity index (χ2n) is 24.5. The van der Waals surface area contributed by atoms with Crippen LogP contribution in [0.3, 0.4) is 0 Å². The minimum atomic E-state index is -0.774. The van der Waals surface area contributed by atoms with Crippen molar-refractivity contribution >= 4 is 17.9 Å². The Morgan fingerprint density at radius 3 is 0.741 bits per heavy atom. The molecule has 0 heterocycles. The van der Waals surface area contributed by atoms with E-state index in [1.54, 1.807) is 0 Å². The third kappa shape index (κ3) is 68.0. The molecule has 474 valence electrons. The SMILES string of the molecule is CCCC/C=C\CCCCCCCC(=O)OCC(COC(=O)CCCCCCCCCCCCCCCCCC/C=C\C/C=C\C/C=C\CCCCCCC)OC(=O)CCCCCCCCCCCCCCCCCCCCCCC. The molecule has 0 N–H and O–H groups in total. The summed E-state index contributed by atoms with van der Waals surface area (Å²) in [5, 5.41) is 0. The molecular formula is C75H138O6. The molecule has 6 nitrogen and oxygen atoms in total. The highest BCUT2D eigenvalue weighted by Gasteiger charge is 2.19. The van der Waals surface area contributed by atoms with Crippen LogP contribution in [-0.4, -0.2) is 37.2 Å². The van der Waals surface area contributed by atoms with Crippen LogP contribution in [0, 0.1) is 0 Å². The molecular weight excluding hydrogens is 997 g/mol. The fraction of sp³-hybridized carbons (Fsp3) is 0.853. The monoisotopic (exact) mass is 1140 g/mol. The van der Waals surface area contributed by atoms with Crippen LogP contribution < -0.4 is 0 Å². The molecule has 6 heteroatoms. The molecule has 0 aromatic heterocycles. The van der Waals surface area contributed by atoms with Crippen molar-refractivity contribution in [2.75, 3.05) is 13.2 Å². The van der Waals surface area contributed by atoms with Crippen molar-refractivity contribution in [1.29, 1.82) is 0 Å². The normalized spacial score (nSPS) is 12.3. The molecule has 0 saturated carbocycles. The Balaban J connectivity index is 4.13. The Bertz CT molecular complexity index is 1400. The van der Waals surface area contributed by atoms with E-state index < -0.39 is 6.10 Å². The average Bonchev–Trinajstić information content (AvgIpc) is 3.47. The van der Waals surface area contributed by atoms with Crippen LogP contribution >= 0.6 is 0 Å². The first kappa shape index (κ1) is 78.4. The number of hydrogen-bond acceptors (Lipinski definition) is 6. The predicted molar refractivity (Wildman–Crippen MR) is 353 cm³/mol. The van der Waals surface area contributed by atoms with E-state index in [0.717, 1.165) is 77.0 Å². The zero-order valence-corrected chi connectivity index (χ0v) is 54.6. The van der Waals surface area contributed by atoms with Gasteiger partial charge in [-0.1, -0.05) is 345 Å². The molecule has 1 atom stereocenters. The number of hydrogen-bond donors (Lipinski definition) is 0. The van der Waals surface area contributed by atoms with Gasteiger partial charge in [-0.2, -0.15) is 0 Å². The minimum Gasteiger partial charge on any atom is -0.462 e. The van der Waals surface area contributed by atoms with Gasteiger partial charge in [0.25, 0.3) is 0 Å². The summed E-state index contributed by atoms with van der Waals surface area (Å²) in [7, 11) is 0. The highest BCUT2D eigenvalue weighted by molar-refractivity contribution is 5.71. The fourth-order valence-electron chi connectivity index (χ4n) is 10.8. The van der Waals surface area contributed by atoms with E-state index in [2.05, 4.69) is 69.4 Å². The summed E-state index contributed by atoms with van der Waals surface area (Å²) in [6.45, 7) is 6.65. The number of carbonyl (C=O) groups is 3. The molecule has 0 aliphatic heterocycles. The van der Waals surface area contributed by atoms with E-state index in [0.29, 0.717) is 19.3 Å². The van der Waals surface area contributed by atoms with E-state index in [-0.39, 0.29) is 31.1 Å². The van der Waals surface area contributed by atoms with Crippen molar-refractivity contribution in [1.82, 2.24) is 0 Å². The number of allylic oxidation sites excluding steroid dienone is 8. The minimum absolute atomic E-state index is 0.0706. The lowest BCUT2D eigenvalue weighted by molar-refractivity contribution is -0.167. The Hall–Kier alpha value is -2.63. The summed E-state index contributed by atoms with van der Waals surface area (Å²) in [4.78, 5) is 38.4. The maximum absolute atomic E-state index is 12.9. The molecule has 0 rings (SSSR count). The van der Waals surface area contributed by atoms with Gasteiger partial charge in [-0.3, -0.25) is 14.4 Å². The third-order valence-corrected chi connectivity index (χ3v) is 16.3. The van der Waals surface area contributed by atoms with Gasteiger partial charge in [0.15, 0.2) is 6.10 Å². The summed E-state index contributed by atoms with van der Waals surface area (Å²) in [5.41, 5.74) is 0. The highest BCUT2D eigenvalue weighted by atomic mass is 16.6. The van der Waals surface area contributed by atoms with E-state index in [1.807, 2.05) is 0 Å². The number of carbonyl (C=O) groups excluding carboxylic acids is 3. The van der Waals surface area contributed by atoms with Crippen LogP contribution in [0.5, 0.6) is 0 Å². The van der Waals surface area contributed by atoms with Crippen LogP contribution in [0.1, 0.15) is 393 Å². The van der Waals surface area contributed by atoms with Gasteiger partial charge >= 0.3 is 17.9 Å². The van der Waals surface area contributed by atoms with Gasteiger partial charge in [0.2, 0.25) is 0 Å². The standard InChI is InChI=1S/C75H138O6/c1-4-7-10-13-16-19-22-24-26-28-30-32-33-34-35-36-37-38-39-40-41-43-44-46-48-50-53-56-59-62-65-68-74(77)80-71-72(70-79-73(76)67-64-61-58-55-52-21-18-15-12-9-6-3)81-75(78)69-66-63-60-57-54-51-49-47-45-42-31-29-27-25-23-20-17-14-11-8-5-2/h15,18,22,24,28,30,33-34,72H,4-14,16-17,19-21,23,25-27,29,31-32,35-71H2,1-3H3/b18-15-,24-22-,30-28-,34-33-. The molecule has 0 aliphatic rings. The molecule has 0 amide bonds. The highest BCUT2D eigenvalue weighted by Crippen LogP contribution is 2.18. The van der Waals surface area contributed by atoms with Crippen LogP contribution in [0.25, 0.3) is 0 Å². The van der Waals surface area contributed by atoms with E-state index in [1.165, 1.54) is 276 Å². The van der Waals surface area contributed by atoms with E-state index >= 15 is 0 Å². The third-order valence-electron chi connectivity index (χ3n) is 16.3. The van der Waals surface area contributed by atoms with Crippen molar-refractivity contribution < 1.29 is 28.6 Å². The first-order chi connectivity index (χ1) is 40.0. The Morgan fingerprint density at radius 2 is 0.457 bits per heavy atom. The lowest BCUT2D eigenvalue weighted by atomic mass is 10.0. The molecule has 0 aromatic rings. The van der Waals surface area contributed by atoms with E-state index in [9.17, 15) is 14.4 Å². The van der Waals surface area contributed by atoms with Crippen LogP contribution in [0.2, 0.25) is 0 Å². The van der Waals surface area contributed by atoms with Gasteiger partial charge in [0, 0.05) is 19.3 Å². The summed E-state index contributed by atoms with van der Waals surface area (Å²) in [5.74, 6) is -0.854. The molecule has 0 saturated heterocycles. The first-order valence-corrected chi connectivity index (χ1v) is 36.1. The fourth-order valence-corrected chi connectivity index (χ4v) is 10.8. The maximum Gasteiger partial charge on any atom is 0.306 e. The van der Waals surface area contributed by atoms with Crippen molar-refractivity contribution in [3.63, 3.8) is 0 Å². The largest absolute Gasteiger partial charge is 0.462 e. The summed E-state index contributed by atoms with van der Waals surface area (Å²) >= 11 is 0. The quantitative estimate of drug-likeness (QED) is 0.0261. The zero-order valence-electron chi connectivity index (χ0n) is 54.6. The van der Waals surface area contributed by atoms with Gasteiger partial charge in [-0.05, 0) is 77.0 Å². The maximum atomic E-state index is 12.9. The van der Waals surface area contributed by atoms with Crippen LogP contribution in [-0.2, 0) is 28.6 Å². The smallest absolute Gasteiger partial charge is 0.306 e. The van der Waals surface area contributed by atoms with Gasteiger partial charge < -0.3 is 14.2 Å². The lowest BCUT2D eigenvalue weighted by Crippen LogP contribution is -2.30. The number of unbranched alkanes of at least 4 members (excludes halogenated alkanes) is 48. The molecule has 0 fully saturated rings. The molecule has 0 aliphatic carbocycles. The summed E-state index contributed by atoms with van der Waals surface area (Å²) < 4.78 is 17.0.